The van der Waals surface area contributed by atoms with Gasteiger partial charge in [0.25, 0.3) is 0 Å². The number of allylic oxidation sites excluding steroid dienone is 3. The van der Waals surface area contributed by atoms with Crippen molar-refractivity contribution in [3.8, 4) is 0 Å². The lowest BCUT2D eigenvalue weighted by atomic mass is 9.81. The molecule has 0 heterocycles. The first-order valence-corrected chi connectivity index (χ1v) is 5.12. The Balaban J connectivity index is 2.44. The molecule has 70 valence electrons. The Morgan fingerprint density at radius 3 is 2.85 bits per heavy atom. The minimum atomic E-state index is 0.334. The molecule has 0 radical (unpaired) electrons. The van der Waals surface area contributed by atoms with Gasteiger partial charge in [-0.1, -0.05) is 12.2 Å². The molecule has 0 saturated heterocycles. The molecule has 0 aromatic carbocycles. The molecule has 0 spiro atoms. The molecule has 0 aromatic rings. The number of Topliss-reactive ketones (excluding diaryl/α,β-unsaturated/α-hetero) is 1. The van der Waals surface area contributed by atoms with E-state index in [0.29, 0.717) is 11.7 Å². The van der Waals surface area contributed by atoms with Crippen LogP contribution in [0.5, 0.6) is 0 Å². The minimum absolute atomic E-state index is 0.334. The maximum absolute atomic E-state index is 11.7. The van der Waals surface area contributed by atoms with Gasteiger partial charge in [0.15, 0.2) is 5.78 Å². The van der Waals surface area contributed by atoms with Gasteiger partial charge in [-0.05, 0) is 44.1 Å². The van der Waals surface area contributed by atoms with Gasteiger partial charge in [0.1, 0.15) is 0 Å². The molecule has 0 N–H and O–H groups in total. The molecule has 0 aliphatic heterocycles. The first kappa shape index (κ1) is 8.74. The van der Waals surface area contributed by atoms with Gasteiger partial charge < -0.3 is 0 Å². The third-order valence-electron chi connectivity index (χ3n) is 3.24. The van der Waals surface area contributed by atoms with Crippen molar-refractivity contribution >= 4 is 5.78 Å². The molecule has 1 atom stereocenters. The highest BCUT2D eigenvalue weighted by atomic mass is 16.1. The SMILES string of the molecule is C=C(C)C1=C2CCCC2CCC1=O. The molecule has 0 amide bonds. The van der Waals surface area contributed by atoms with Gasteiger partial charge in [-0.15, -0.1) is 0 Å². The summed E-state index contributed by atoms with van der Waals surface area (Å²) in [5.74, 6) is 1.05. The highest BCUT2D eigenvalue weighted by Gasteiger charge is 2.31. The number of fused-ring (bicyclic) bond motifs is 1. The molecule has 2 aliphatic carbocycles. The smallest absolute Gasteiger partial charge is 0.163 e. The van der Waals surface area contributed by atoms with Crippen molar-refractivity contribution in [3.63, 3.8) is 0 Å². The average Bonchev–Trinajstić information content (AvgIpc) is 2.50. The van der Waals surface area contributed by atoms with Crippen molar-refractivity contribution in [3.05, 3.63) is 23.3 Å². The number of hydrogen-bond acceptors (Lipinski definition) is 1. The zero-order chi connectivity index (χ0) is 9.42. The standard InChI is InChI=1S/C12H16O/c1-8(2)12-10-5-3-4-9(10)6-7-11(12)13/h9H,1,3-7H2,2H3. The Morgan fingerprint density at radius 1 is 1.38 bits per heavy atom. The average molecular weight is 176 g/mol. The van der Waals surface area contributed by atoms with Crippen molar-refractivity contribution in [2.24, 2.45) is 5.92 Å². The Kier molecular flexibility index (Phi) is 2.10. The number of rotatable bonds is 1. The van der Waals surface area contributed by atoms with Gasteiger partial charge in [0.05, 0.1) is 0 Å². The maximum Gasteiger partial charge on any atom is 0.163 e. The van der Waals surface area contributed by atoms with Crippen LogP contribution >= 0.6 is 0 Å². The van der Waals surface area contributed by atoms with E-state index in [1.165, 1.54) is 18.4 Å². The quantitative estimate of drug-likeness (QED) is 0.600. The third-order valence-corrected chi connectivity index (χ3v) is 3.24. The van der Waals surface area contributed by atoms with Gasteiger partial charge in [-0.25, -0.2) is 0 Å². The lowest BCUT2D eigenvalue weighted by molar-refractivity contribution is -0.116. The summed E-state index contributed by atoms with van der Waals surface area (Å²) in [6.45, 7) is 5.87. The predicted octanol–water partition coefficient (Wildman–Crippen LogP) is 3.02. The summed E-state index contributed by atoms with van der Waals surface area (Å²) < 4.78 is 0. The molecule has 0 bridgehead atoms. The largest absolute Gasteiger partial charge is 0.294 e. The Bertz CT molecular complexity index is 296. The maximum atomic E-state index is 11.7. The van der Waals surface area contributed by atoms with Crippen LogP contribution in [0.25, 0.3) is 0 Å². The number of ketones is 1. The van der Waals surface area contributed by atoms with Gasteiger partial charge >= 0.3 is 0 Å². The molecule has 1 fully saturated rings. The summed E-state index contributed by atoms with van der Waals surface area (Å²) in [6, 6.07) is 0. The van der Waals surface area contributed by atoms with Crippen LogP contribution in [0.3, 0.4) is 0 Å². The fraction of sp³-hybridized carbons (Fsp3) is 0.583. The van der Waals surface area contributed by atoms with Gasteiger partial charge in [-0.3, -0.25) is 4.79 Å². The Labute approximate surface area is 79.5 Å². The van der Waals surface area contributed by atoms with Crippen LogP contribution in [0.1, 0.15) is 39.0 Å². The Hall–Kier alpha value is -0.850. The zero-order valence-corrected chi connectivity index (χ0v) is 8.23. The molecule has 13 heavy (non-hydrogen) atoms. The summed E-state index contributed by atoms with van der Waals surface area (Å²) in [7, 11) is 0. The molecule has 1 saturated carbocycles. The fourth-order valence-electron chi connectivity index (χ4n) is 2.69. The van der Waals surface area contributed by atoms with Gasteiger partial charge in [0, 0.05) is 12.0 Å². The summed E-state index contributed by atoms with van der Waals surface area (Å²) in [5.41, 5.74) is 3.39. The van der Waals surface area contributed by atoms with Crippen molar-refractivity contribution in [1.29, 1.82) is 0 Å². The predicted molar refractivity (Wildman–Crippen MR) is 53.4 cm³/mol. The third kappa shape index (κ3) is 1.37. The molecule has 2 rings (SSSR count). The van der Waals surface area contributed by atoms with Crippen LogP contribution in [0.2, 0.25) is 0 Å². The van der Waals surface area contributed by atoms with Gasteiger partial charge in [-0.2, -0.15) is 0 Å². The van der Waals surface area contributed by atoms with Crippen LogP contribution in [-0.4, -0.2) is 5.78 Å². The normalized spacial score (nSPS) is 27.8. The highest BCUT2D eigenvalue weighted by Crippen LogP contribution is 2.41. The van der Waals surface area contributed by atoms with Gasteiger partial charge in [0.2, 0.25) is 0 Å². The number of carbonyl (C=O) groups excluding carboxylic acids is 1. The first-order valence-electron chi connectivity index (χ1n) is 5.12. The zero-order valence-electron chi connectivity index (χ0n) is 8.23. The summed E-state index contributed by atoms with van der Waals surface area (Å²) in [5, 5.41) is 0. The van der Waals surface area contributed by atoms with Crippen molar-refractivity contribution < 1.29 is 4.79 Å². The molecule has 0 aromatic heterocycles. The topological polar surface area (TPSA) is 17.1 Å². The van der Waals surface area contributed by atoms with Crippen LogP contribution in [-0.2, 0) is 4.79 Å². The van der Waals surface area contributed by atoms with Crippen LogP contribution in [0.15, 0.2) is 23.3 Å². The second kappa shape index (κ2) is 3.13. The van der Waals surface area contributed by atoms with E-state index in [9.17, 15) is 4.79 Å². The Morgan fingerprint density at radius 2 is 2.15 bits per heavy atom. The lowest BCUT2D eigenvalue weighted by Crippen LogP contribution is -2.16. The van der Waals surface area contributed by atoms with Crippen LogP contribution in [0.4, 0.5) is 0 Å². The van der Waals surface area contributed by atoms with Crippen molar-refractivity contribution in [2.75, 3.05) is 0 Å². The summed E-state index contributed by atoms with van der Waals surface area (Å²) in [4.78, 5) is 11.7. The molecule has 2 aliphatic rings. The van der Waals surface area contributed by atoms with E-state index >= 15 is 0 Å². The van der Waals surface area contributed by atoms with E-state index in [1.807, 2.05) is 6.92 Å². The van der Waals surface area contributed by atoms with E-state index in [1.54, 1.807) is 0 Å². The lowest BCUT2D eigenvalue weighted by Gasteiger charge is -2.22. The second-order valence-corrected chi connectivity index (χ2v) is 4.23. The van der Waals surface area contributed by atoms with Crippen molar-refractivity contribution in [2.45, 2.75) is 39.0 Å². The molecule has 1 nitrogen and oxygen atoms in total. The molecular formula is C12H16O. The molecule has 1 heteroatoms. The molecule has 1 unspecified atom stereocenters. The molecular weight excluding hydrogens is 160 g/mol. The number of hydrogen-bond donors (Lipinski definition) is 0. The van der Waals surface area contributed by atoms with E-state index in [0.717, 1.165) is 30.4 Å². The van der Waals surface area contributed by atoms with E-state index in [-0.39, 0.29) is 0 Å². The monoisotopic (exact) mass is 176 g/mol. The summed E-state index contributed by atoms with van der Waals surface area (Å²) in [6.07, 6.45) is 5.53. The van der Waals surface area contributed by atoms with E-state index in [4.69, 9.17) is 0 Å². The number of carbonyl (C=O) groups is 1. The minimum Gasteiger partial charge on any atom is -0.294 e. The second-order valence-electron chi connectivity index (χ2n) is 4.23. The van der Waals surface area contributed by atoms with E-state index in [2.05, 4.69) is 6.58 Å². The highest BCUT2D eigenvalue weighted by molar-refractivity contribution is 6.01. The van der Waals surface area contributed by atoms with Crippen LogP contribution in [0, 0.1) is 5.92 Å². The van der Waals surface area contributed by atoms with Crippen molar-refractivity contribution in [1.82, 2.24) is 0 Å². The first-order chi connectivity index (χ1) is 6.20. The van der Waals surface area contributed by atoms with Crippen LogP contribution < -0.4 is 0 Å². The summed E-state index contributed by atoms with van der Waals surface area (Å²) >= 11 is 0. The van der Waals surface area contributed by atoms with E-state index < -0.39 is 0 Å². The fourth-order valence-corrected chi connectivity index (χ4v) is 2.69.